The Morgan fingerprint density at radius 3 is 2.47 bits per heavy atom. The first kappa shape index (κ1) is 14.0. The topological polar surface area (TPSA) is 24.1 Å². The maximum absolute atomic E-state index is 5.27. The Labute approximate surface area is 110 Å². The molecule has 0 amide bonds. The van der Waals surface area contributed by atoms with E-state index >= 15 is 0 Å². The summed E-state index contributed by atoms with van der Waals surface area (Å²) in [5, 5.41) is 7.27. The van der Waals surface area contributed by atoms with Crippen LogP contribution in [0.1, 0.15) is 37.9 Å². The second-order valence-electron chi connectivity index (χ2n) is 4.83. The van der Waals surface area contributed by atoms with E-state index in [1.54, 1.807) is 0 Å². The number of benzene rings is 1. The molecule has 2 N–H and O–H groups in total. The number of hydrogen-bond donors (Lipinski definition) is 2. The van der Waals surface area contributed by atoms with Gasteiger partial charge in [-0.3, -0.25) is 0 Å². The molecule has 1 aromatic rings. The normalized spacial score (nSPS) is 12.3. The molecule has 0 fully saturated rings. The summed E-state index contributed by atoms with van der Waals surface area (Å²) in [6.07, 6.45) is 0. The lowest BCUT2D eigenvalue weighted by molar-refractivity contribution is 0.609. The molecule has 0 spiro atoms. The number of rotatable bonds is 4. The van der Waals surface area contributed by atoms with Gasteiger partial charge in [-0.05, 0) is 43.1 Å². The third-order valence-corrected chi connectivity index (χ3v) is 2.94. The summed E-state index contributed by atoms with van der Waals surface area (Å²) < 4.78 is 0. The smallest absolute Gasteiger partial charge is 0.166 e. The zero-order valence-electron chi connectivity index (χ0n) is 11.1. The minimum Gasteiger partial charge on any atom is -0.362 e. The van der Waals surface area contributed by atoms with Crippen molar-refractivity contribution in [2.75, 3.05) is 6.54 Å². The molecule has 0 aliphatic heterocycles. The number of nitrogens with one attached hydrogen (secondary N) is 2. The molecule has 0 saturated carbocycles. The van der Waals surface area contributed by atoms with Crippen LogP contribution in [0.3, 0.4) is 0 Å². The van der Waals surface area contributed by atoms with Crippen molar-refractivity contribution in [3.63, 3.8) is 0 Å². The first-order valence-corrected chi connectivity index (χ1v) is 6.51. The summed E-state index contributed by atoms with van der Waals surface area (Å²) in [5.74, 6) is 0.600. The molecule has 0 aliphatic carbocycles. The molecule has 17 heavy (non-hydrogen) atoms. The molecule has 2 nitrogen and oxygen atoms in total. The van der Waals surface area contributed by atoms with Crippen molar-refractivity contribution in [1.29, 1.82) is 0 Å². The molecule has 1 unspecified atom stereocenters. The third kappa shape index (κ3) is 4.73. The quantitative estimate of drug-likeness (QED) is 0.803. The molecule has 1 aromatic carbocycles. The largest absolute Gasteiger partial charge is 0.362 e. The van der Waals surface area contributed by atoms with Crippen molar-refractivity contribution in [2.45, 2.75) is 33.7 Å². The molecule has 0 aliphatic rings. The van der Waals surface area contributed by atoms with Gasteiger partial charge in [0.05, 0.1) is 6.04 Å². The molecule has 94 valence electrons. The lowest BCUT2D eigenvalue weighted by Gasteiger charge is -2.19. The minimum atomic E-state index is 0.239. The summed E-state index contributed by atoms with van der Waals surface area (Å²) in [4.78, 5) is 0. The highest BCUT2D eigenvalue weighted by molar-refractivity contribution is 7.80. The molecule has 0 heterocycles. The van der Waals surface area contributed by atoms with E-state index in [-0.39, 0.29) is 6.04 Å². The highest BCUT2D eigenvalue weighted by Gasteiger charge is 2.08. The average Bonchev–Trinajstić information content (AvgIpc) is 2.26. The summed E-state index contributed by atoms with van der Waals surface area (Å²) in [6, 6.07) is 8.62. The molecule has 0 saturated heterocycles. The van der Waals surface area contributed by atoms with Crippen LogP contribution in [0.5, 0.6) is 0 Å². The fraction of sp³-hybridized carbons (Fsp3) is 0.500. The average molecular weight is 250 g/mol. The molecule has 1 rings (SSSR count). The van der Waals surface area contributed by atoms with Gasteiger partial charge in [0.15, 0.2) is 5.11 Å². The molecule has 0 bridgehead atoms. The zero-order chi connectivity index (χ0) is 12.8. The van der Waals surface area contributed by atoms with E-state index in [9.17, 15) is 0 Å². The van der Waals surface area contributed by atoms with Crippen LogP contribution >= 0.6 is 12.2 Å². The van der Waals surface area contributed by atoms with Gasteiger partial charge in [0.25, 0.3) is 0 Å². The standard InChI is InChI=1S/C14H22N2S/c1-10(2)9-15-14(17)16-12(4)13-8-6-5-7-11(13)3/h5-8,10,12H,9H2,1-4H3,(H2,15,16,17). The first-order valence-electron chi connectivity index (χ1n) is 6.10. The molecule has 0 aromatic heterocycles. The van der Waals surface area contributed by atoms with Gasteiger partial charge in [0.2, 0.25) is 0 Å². The fourth-order valence-corrected chi connectivity index (χ4v) is 1.95. The van der Waals surface area contributed by atoms with Crippen LogP contribution in [-0.2, 0) is 0 Å². The zero-order valence-corrected chi connectivity index (χ0v) is 11.9. The predicted molar refractivity (Wildman–Crippen MR) is 78.2 cm³/mol. The lowest BCUT2D eigenvalue weighted by atomic mass is 10.0. The molecule has 0 radical (unpaired) electrons. The van der Waals surface area contributed by atoms with Crippen molar-refractivity contribution in [1.82, 2.24) is 10.6 Å². The van der Waals surface area contributed by atoms with Gasteiger partial charge in [0.1, 0.15) is 0 Å². The Morgan fingerprint density at radius 1 is 1.24 bits per heavy atom. The third-order valence-electron chi connectivity index (χ3n) is 2.67. The maximum Gasteiger partial charge on any atom is 0.166 e. The predicted octanol–water partition coefficient (Wildman–Crippen LogP) is 3.18. The van der Waals surface area contributed by atoms with E-state index < -0.39 is 0 Å². The van der Waals surface area contributed by atoms with Crippen molar-refractivity contribution in [2.24, 2.45) is 5.92 Å². The molecular formula is C14H22N2S. The Hall–Kier alpha value is -1.09. The van der Waals surface area contributed by atoms with Gasteiger partial charge in [-0.15, -0.1) is 0 Å². The number of aryl methyl sites for hydroxylation is 1. The van der Waals surface area contributed by atoms with Gasteiger partial charge in [0, 0.05) is 6.54 Å². The lowest BCUT2D eigenvalue weighted by Crippen LogP contribution is -2.38. The number of thiocarbonyl (C=S) groups is 1. The molecule has 3 heteroatoms. The Morgan fingerprint density at radius 2 is 1.88 bits per heavy atom. The van der Waals surface area contributed by atoms with Crippen LogP contribution in [0.25, 0.3) is 0 Å². The number of hydrogen-bond acceptors (Lipinski definition) is 1. The Kier molecular flexibility index (Phi) is 5.42. The van der Waals surface area contributed by atoms with E-state index in [2.05, 4.69) is 62.6 Å². The minimum absolute atomic E-state index is 0.239. The van der Waals surface area contributed by atoms with Crippen LogP contribution < -0.4 is 10.6 Å². The van der Waals surface area contributed by atoms with Crippen LogP contribution in [0, 0.1) is 12.8 Å². The fourth-order valence-electron chi connectivity index (χ4n) is 1.69. The Balaban J connectivity index is 2.52. The van der Waals surface area contributed by atoms with Gasteiger partial charge in [-0.25, -0.2) is 0 Å². The van der Waals surface area contributed by atoms with Crippen LogP contribution in [0.15, 0.2) is 24.3 Å². The van der Waals surface area contributed by atoms with Crippen LogP contribution in [-0.4, -0.2) is 11.7 Å². The van der Waals surface area contributed by atoms with Crippen molar-refractivity contribution < 1.29 is 0 Å². The van der Waals surface area contributed by atoms with E-state index in [0.29, 0.717) is 5.92 Å². The highest BCUT2D eigenvalue weighted by Crippen LogP contribution is 2.16. The van der Waals surface area contributed by atoms with Crippen molar-refractivity contribution >= 4 is 17.3 Å². The summed E-state index contributed by atoms with van der Waals surface area (Å²) in [6.45, 7) is 9.50. The van der Waals surface area contributed by atoms with E-state index in [4.69, 9.17) is 12.2 Å². The van der Waals surface area contributed by atoms with Crippen LogP contribution in [0.4, 0.5) is 0 Å². The highest BCUT2D eigenvalue weighted by atomic mass is 32.1. The summed E-state index contributed by atoms with van der Waals surface area (Å²) in [7, 11) is 0. The maximum atomic E-state index is 5.27. The van der Waals surface area contributed by atoms with Crippen molar-refractivity contribution in [3.05, 3.63) is 35.4 Å². The van der Waals surface area contributed by atoms with E-state index in [1.165, 1.54) is 11.1 Å². The second-order valence-corrected chi connectivity index (χ2v) is 5.23. The van der Waals surface area contributed by atoms with Crippen LogP contribution in [0.2, 0.25) is 0 Å². The van der Waals surface area contributed by atoms with Crippen molar-refractivity contribution in [3.8, 4) is 0 Å². The first-order chi connectivity index (χ1) is 8.00. The SMILES string of the molecule is Cc1ccccc1C(C)NC(=S)NCC(C)C. The monoisotopic (exact) mass is 250 g/mol. The summed E-state index contributed by atoms with van der Waals surface area (Å²) in [5.41, 5.74) is 2.58. The van der Waals surface area contributed by atoms with Gasteiger partial charge in [-0.1, -0.05) is 38.1 Å². The molecular weight excluding hydrogens is 228 g/mol. The second kappa shape index (κ2) is 6.60. The van der Waals surface area contributed by atoms with E-state index in [0.717, 1.165) is 11.7 Å². The molecule has 1 atom stereocenters. The summed E-state index contributed by atoms with van der Waals surface area (Å²) >= 11 is 5.27. The van der Waals surface area contributed by atoms with Gasteiger partial charge < -0.3 is 10.6 Å². The van der Waals surface area contributed by atoms with Gasteiger partial charge >= 0.3 is 0 Å². The van der Waals surface area contributed by atoms with E-state index in [1.807, 2.05) is 0 Å². The van der Waals surface area contributed by atoms with Gasteiger partial charge in [-0.2, -0.15) is 0 Å². The Bertz CT molecular complexity index is 374.